The number of guanidine groups is 1. The predicted octanol–water partition coefficient (Wildman–Crippen LogP) is 1.94. The molecular weight excluding hydrogens is 451 g/mol. The number of rotatable bonds is 2. The summed E-state index contributed by atoms with van der Waals surface area (Å²) in [6.07, 6.45) is 1.70. The van der Waals surface area contributed by atoms with Crippen LogP contribution in [0.3, 0.4) is 0 Å². The van der Waals surface area contributed by atoms with E-state index in [1.165, 1.54) is 0 Å². The first-order valence-electron chi connectivity index (χ1n) is 7.03. The Bertz CT molecular complexity index is 662. The van der Waals surface area contributed by atoms with Crippen LogP contribution in [-0.2, 0) is 16.4 Å². The van der Waals surface area contributed by atoms with E-state index >= 15 is 0 Å². The van der Waals surface area contributed by atoms with Gasteiger partial charge in [-0.25, -0.2) is 13.4 Å². The standard InChI is InChI=1S/C14H21ClN4O2S.HI/c1-14(2)10-19(6-7-22(14,20)21)13(16-3)18-9-11-4-5-12(15)17-8-11;/h4-5,8H,6-7,9-10H2,1-3H3,(H,16,18);1H. The molecule has 0 radical (unpaired) electrons. The van der Waals surface area contributed by atoms with E-state index < -0.39 is 14.6 Å². The Hall–Kier alpha value is -0.610. The van der Waals surface area contributed by atoms with E-state index in [2.05, 4.69) is 15.3 Å². The van der Waals surface area contributed by atoms with Crippen LogP contribution >= 0.6 is 35.6 Å². The fraction of sp³-hybridized carbons (Fsp3) is 0.571. The Morgan fingerprint density at radius 3 is 2.70 bits per heavy atom. The van der Waals surface area contributed by atoms with E-state index in [0.717, 1.165) is 5.56 Å². The SMILES string of the molecule is CN=C(NCc1ccc(Cl)nc1)N1CCS(=O)(=O)C(C)(C)C1.I. The van der Waals surface area contributed by atoms with Crippen molar-refractivity contribution in [1.82, 2.24) is 15.2 Å². The van der Waals surface area contributed by atoms with E-state index in [-0.39, 0.29) is 29.7 Å². The summed E-state index contributed by atoms with van der Waals surface area (Å²) in [6.45, 7) is 4.94. The highest BCUT2D eigenvalue weighted by Gasteiger charge is 2.40. The zero-order valence-corrected chi connectivity index (χ0v) is 17.3. The molecule has 0 unspecified atom stereocenters. The summed E-state index contributed by atoms with van der Waals surface area (Å²) >= 11 is 5.76. The monoisotopic (exact) mass is 472 g/mol. The first-order valence-corrected chi connectivity index (χ1v) is 9.06. The van der Waals surface area contributed by atoms with Gasteiger partial charge in [-0.3, -0.25) is 4.99 Å². The molecule has 9 heteroatoms. The molecule has 0 aromatic carbocycles. The van der Waals surface area contributed by atoms with Gasteiger partial charge in [0.1, 0.15) is 5.15 Å². The van der Waals surface area contributed by atoms with Gasteiger partial charge in [-0.15, -0.1) is 24.0 Å². The van der Waals surface area contributed by atoms with Crippen molar-refractivity contribution in [2.45, 2.75) is 25.1 Å². The normalized spacial score (nSPS) is 19.8. The van der Waals surface area contributed by atoms with Gasteiger partial charge >= 0.3 is 0 Å². The summed E-state index contributed by atoms with van der Waals surface area (Å²) in [5.74, 6) is 0.835. The van der Waals surface area contributed by atoms with Gasteiger partial charge in [-0.05, 0) is 25.5 Å². The van der Waals surface area contributed by atoms with Gasteiger partial charge in [-0.1, -0.05) is 17.7 Å². The molecule has 1 aliphatic rings. The number of hydrogen-bond donors (Lipinski definition) is 1. The van der Waals surface area contributed by atoms with Gasteiger partial charge in [0.25, 0.3) is 0 Å². The number of halogens is 2. The Morgan fingerprint density at radius 1 is 1.48 bits per heavy atom. The van der Waals surface area contributed by atoms with Gasteiger partial charge in [0.2, 0.25) is 0 Å². The van der Waals surface area contributed by atoms with Crippen molar-refractivity contribution >= 4 is 51.4 Å². The van der Waals surface area contributed by atoms with Crippen LogP contribution in [0, 0.1) is 0 Å². The molecule has 1 aliphatic heterocycles. The smallest absolute Gasteiger partial charge is 0.193 e. The third-order valence-corrected chi connectivity index (χ3v) is 6.55. The van der Waals surface area contributed by atoms with E-state index in [9.17, 15) is 8.42 Å². The van der Waals surface area contributed by atoms with Gasteiger partial charge in [-0.2, -0.15) is 0 Å². The number of sulfone groups is 1. The minimum Gasteiger partial charge on any atom is -0.352 e. The van der Waals surface area contributed by atoms with E-state index in [1.54, 1.807) is 33.2 Å². The molecule has 0 saturated carbocycles. The molecule has 0 atom stereocenters. The quantitative estimate of drug-likeness (QED) is 0.308. The van der Waals surface area contributed by atoms with Crippen molar-refractivity contribution < 1.29 is 8.42 Å². The summed E-state index contributed by atoms with van der Waals surface area (Å²) in [6, 6.07) is 3.62. The summed E-state index contributed by atoms with van der Waals surface area (Å²) in [5, 5.41) is 3.69. The van der Waals surface area contributed by atoms with Crippen molar-refractivity contribution in [3.8, 4) is 0 Å². The second-order valence-electron chi connectivity index (χ2n) is 5.89. The lowest BCUT2D eigenvalue weighted by Crippen LogP contribution is -2.57. The van der Waals surface area contributed by atoms with Crippen LogP contribution in [-0.4, -0.2) is 54.9 Å². The fourth-order valence-electron chi connectivity index (χ4n) is 2.35. The van der Waals surface area contributed by atoms with E-state index in [1.807, 2.05) is 11.0 Å². The number of aliphatic imine (C=N–C) groups is 1. The molecule has 1 aromatic rings. The fourth-order valence-corrected chi connectivity index (χ4v) is 3.83. The van der Waals surface area contributed by atoms with E-state index in [4.69, 9.17) is 11.6 Å². The molecule has 1 saturated heterocycles. The van der Waals surface area contributed by atoms with E-state index in [0.29, 0.717) is 30.7 Å². The zero-order valence-electron chi connectivity index (χ0n) is 13.4. The topological polar surface area (TPSA) is 74.7 Å². The highest BCUT2D eigenvalue weighted by molar-refractivity contribution is 14.0. The van der Waals surface area contributed by atoms with Crippen molar-refractivity contribution in [2.75, 3.05) is 25.9 Å². The van der Waals surface area contributed by atoms with Crippen LogP contribution in [0.4, 0.5) is 0 Å². The molecule has 6 nitrogen and oxygen atoms in total. The van der Waals surface area contributed by atoms with Crippen molar-refractivity contribution in [3.05, 3.63) is 29.0 Å². The van der Waals surface area contributed by atoms with Crippen LogP contribution in [0.15, 0.2) is 23.3 Å². The maximum absolute atomic E-state index is 12.1. The third kappa shape index (κ3) is 4.93. The molecular formula is C14H22ClIN4O2S. The number of pyridine rings is 1. The lowest BCUT2D eigenvalue weighted by Gasteiger charge is -2.39. The van der Waals surface area contributed by atoms with Crippen molar-refractivity contribution in [1.29, 1.82) is 0 Å². The lowest BCUT2D eigenvalue weighted by molar-refractivity contribution is 0.353. The molecule has 0 spiro atoms. The molecule has 130 valence electrons. The Kier molecular flexibility index (Phi) is 7.09. The van der Waals surface area contributed by atoms with Gasteiger partial charge < -0.3 is 10.2 Å². The van der Waals surface area contributed by atoms with Crippen molar-refractivity contribution in [3.63, 3.8) is 0 Å². The van der Waals surface area contributed by atoms with Crippen LogP contribution in [0.2, 0.25) is 5.15 Å². The third-order valence-electron chi connectivity index (χ3n) is 3.79. The molecule has 1 N–H and O–H groups in total. The Morgan fingerprint density at radius 2 is 2.17 bits per heavy atom. The van der Waals surface area contributed by atoms with Crippen LogP contribution < -0.4 is 5.32 Å². The zero-order chi connectivity index (χ0) is 16.4. The van der Waals surface area contributed by atoms with Crippen LogP contribution in [0.25, 0.3) is 0 Å². The predicted molar refractivity (Wildman–Crippen MR) is 104 cm³/mol. The second-order valence-corrected chi connectivity index (χ2v) is 9.02. The lowest BCUT2D eigenvalue weighted by atomic mass is 10.2. The molecule has 0 bridgehead atoms. The van der Waals surface area contributed by atoms with Gasteiger partial charge in [0, 0.05) is 32.9 Å². The average molecular weight is 473 g/mol. The first kappa shape index (κ1) is 20.4. The number of nitrogens with one attached hydrogen (secondary N) is 1. The molecule has 1 fully saturated rings. The first-order chi connectivity index (χ1) is 10.2. The number of nitrogens with zero attached hydrogens (tertiary/aromatic N) is 3. The molecule has 0 amide bonds. The molecule has 0 aliphatic carbocycles. The summed E-state index contributed by atoms with van der Waals surface area (Å²) < 4.78 is 23.4. The Balaban J connectivity index is 0.00000264. The highest BCUT2D eigenvalue weighted by atomic mass is 127. The highest BCUT2D eigenvalue weighted by Crippen LogP contribution is 2.23. The summed E-state index contributed by atoms with van der Waals surface area (Å²) in [5.41, 5.74) is 0.981. The largest absolute Gasteiger partial charge is 0.352 e. The summed E-state index contributed by atoms with van der Waals surface area (Å²) in [4.78, 5) is 10.3. The average Bonchev–Trinajstić information content (AvgIpc) is 2.45. The summed E-state index contributed by atoms with van der Waals surface area (Å²) in [7, 11) is -1.36. The maximum Gasteiger partial charge on any atom is 0.193 e. The molecule has 2 rings (SSSR count). The Labute approximate surface area is 159 Å². The molecule has 2 heterocycles. The minimum atomic E-state index is -3.06. The minimum absolute atomic E-state index is 0. The maximum atomic E-state index is 12.1. The second kappa shape index (κ2) is 7.98. The van der Waals surface area contributed by atoms with Crippen LogP contribution in [0.1, 0.15) is 19.4 Å². The number of hydrogen-bond acceptors (Lipinski definition) is 4. The van der Waals surface area contributed by atoms with Crippen molar-refractivity contribution in [2.24, 2.45) is 4.99 Å². The van der Waals surface area contributed by atoms with Gasteiger partial charge in [0.15, 0.2) is 15.8 Å². The van der Waals surface area contributed by atoms with Crippen LogP contribution in [0.5, 0.6) is 0 Å². The van der Waals surface area contributed by atoms with Gasteiger partial charge in [0.05, 0.1) is 10.5 Å². The molecule has 1 aromatic heterocycles. The number of aromatic nitrogens is 1. The molecule has 23 heavy (non-hydrogen) atoms.